The van der Waals surface area contributed by atoms with Gasteiger partial charge in [-0.3, -0.25) is 4.79 Å². The van der Waals surface area contributed by atoms with E-state index in [-0.39, 0.29) is 17.0 Å². The summed E-state index contributed by atoms with van der Waals surface area (Å²) < 4.78 is 31.4. The van der Waals surface area contributed by atoms with Gasteiger partial charge >= 0.3 is 5.97 Å². The second-order valence-corrected chi connectivity index (χ2v) is 9.11. The van der Waals surface area contributed by atoms with Gasteiger partial charge < -0.3 is 10.1 Å². The highest BCUT2D eigenvalue weighted by molar-refractivity contribution is 7.89. The fraction of sp³-hybridized carbons (Fsp3) is 0.238. The lowest BCUT2D eigenvalue weighted by Crippen LogP contribution is -2.37. The molecule has 2 aromatic carbocycles. The molecule has 0 spiro atoms. The summed E-state index contributed by atoms with van der Waals surface area (Å²) in [6, 6.07) is 9.52. The van der Waals surface area contributed by atoms with E-state index in [9.17, 15) is 18.0 Å². The van der Waals surface area contributed by atoms with E-state index in [0.29, 0.717) is 15.6 Å². The Bertz CT molecular complexity index is 1110. The van der Waals surface area contributed by atoms with Gasteiger partial charge in [-0.1, -0.05) is 35.2 Å². The molecule has 2 N–H and O–H groups in total. The predicted molar refractivity (Wildman–Crippen MR) is 118 cm³/mol. The number of ether oxygens (including phenoxy) is 1. The number of sulfonamides is 1. The van der Waals surface area contributed by atoms with Gasteiger partial charge in [-0.2, -0.15) is 4.72 Å². The largest absolute Gasteiger partial charge is 0.449 e. The summed E-state index contributed by atoms with van der Waals surface area (Å²) in [6.45, 7) is 3.00. The number of hydrogen-bond acceptors (Lipinski definition) is 5. The first-order valence-corrected chi connectivity index (χ1v) is 11.3. The number of benzene rings is 2. The zero-order chi connectivity index (χ0) is 23.2. The van der Waals surface area contributed by atoms with Crippen LogP contribution in [0.2, 0.25) is 10.0 Å². The third-order valence-corrected chi connectivity index (χ3v) is 6.18. The highest BCUT2D eigenvalue weighted by Gasteiger charge is 2.22. The van der Waals surface area contributed by atoms with Crippen molar-refractivity contribution >= 4 is 45.1 Å². The molecule has 2 rings (SSSR count). The van der Waals surface area contributed by atoms with Crippen LogP contribution in [0.15, 0.2) is 47.4 Å². The fourth-order valence-corrected chi connectivity index (χ4v) is 4.04. The molecular weight excluding hydrogens is 463 g/mol. The van der Waals surface area contributed by atoms with Crippen LogP contribution in [-0.4, -0.2) is 32.9 Å². The highest BCUT2D eigenvalue weighted by atomic mass is 35.5. The van der Waals surface area contributed by atoms with E-state index in [1.807, 2.05) is 0 Å². The molecule has 2 atom stereocenters. The standard InChI is InChI=1S/C21H20Cl2N2O5S/c1-4-11-24-31(28,29)17-8-5-15(6-9-17)21(27)30-14(3)20(26)25-13(2)18-10-7-16(22)12-19(18)23/h1,5-10,12-14,24H,11H2,2-3H3,(H,25,26). The molecular formula is C21H20Cl2N2O5S. The topological polar surface area (TPSA) is 102 Å². The number of terminal acetylenes is 1. The van der Waals surface area contributed by atoms with Crippen molar-refractivity contribution in [2.75, 3.05) is 6.54 Å². The van der Waals surface area contributed by atoms with Crippen LogP contribution in [0.1, 0.15) is 35.8 Å². The SMILES string of the molecule is C#CCNS(=O)(=O)c1ccc(C(=O)OC(C)C(=O)NC(C)c2ccc(Cl)cc2Cl)cc1. The van der Waals surface area contributed by atoms with Crippen LogP contribution in [-0.2, 0) is 19.6 Å². The summed E-state index contributed by atoms with van der Waals surface area (Å²) in [6.07, 6.45) is 3.95. The Balaban J connectivity index is 1.99. The second-order valence-electron chi connectivity index (χ2n) is 6.50. The molecule has 0 radical (unpaired) electrons. The van der Waals surface area contributed by atoms with Gasteiger partial charge in [0.15, 0.2) is 6.10 Å². The molecule has 0 aliphatic heterocycles. The Hall–Kier alpha value is -2.57. The Labute approximate surface area is 191 Å². The molecule has 2 aromatic rings. The van der Waals surface area contributed by atoms with Crippen molar-refractivity contribution in [1.82, 2.24) is 10.0 Å². The maximum atomic E-state index is 12.4. The van der Waals surface area contributed by atoms with Crippen molar-refractivity contribution in [3.05, 3.63) is 63.6 Å². The zero-order valence-corrected chi connectivity index (χ0v) is 19.0. The predicted octanol–water partition coefficient (Wildman–Crippen LogP) is 3.33. The maximum Gasteiger partial charge on any atom is 0.338 e. The number of halogens is 2. The smallest absolute Gasteiger partial charge is 0.338 e. The van der Waals surface area contributed by atoms with E-state index < -0.39 is 34.0 Å². The first-order chi connectivity index (χ1) is 14.5. The van der Waals surface area contributed by atoms with Crippen molar-refractivity contribution in [2.24, 2.45) is 0 Å². The monoisotopic (exact) mass is 482 g/mol. The highest BCUT2D eigenvalue weighted by Crippen LogP contribution is 2.26. The van der Waals surface area contributed by atoms with Crippen molar-refractivity contribution in [3.8, 4) is 12.3 Å². The summed E-state index contributed by atoms with van der Waals surface area (Å²) in [5, 5.41) is 3.59. The lowest BCUT2D eigenvalue weighted by Gasteiger charge is -2.19. The average molecular weight is 483 g/mol. The Morgan fingerprint density at radius 1 is 1.13 bits per heavy atom. The minimum atomic E-state index is -3.78. The van der Waals surface area contributed by atoms with E-state index in [4.69, 9.17) is 34.4 Å². The lowest BCUT2D eigenvalue weighted by molar-refractivity contribution is -0.129. The van der Waals surface area contributed by atoms with Crippen molar-refractivity contribution in [3.63, 3.8) is 0 Å². The second kappa shape index (κ2) is 10.6. The summed E-state index contributed by atoms with van der Waals surface area (Å²) in [5.41, 5.74) is 0.748. The minimum Gasteiger partial charge on any atom is -0.449 e. The Kier molecular flexibility index (Phi) is 8.48. The maximum absolute atomic E-state index is 12.4. The molecule has 164 valence electrons. The molecule has 1 amide bonds. The van der Waals surface area contributed by atoms with Crippen LogP contribution in [0.3, 0.4) is 0 Å². The molecule has 0 saturated heterocycles. The molecule has 0 aliphatic rings. The fourth-order valence-electron chi connectivity index (χ4n) is 2.53. The zero-order valence-electron chi connectivity index (χ0n) is 16.7. The first kappa shape index (κ1) is 24.7. The summed E-state index contributed by atoms with van der Waals surface area (Å²) in [4.78, 5) is 24.7. The Morgan fingerprint density at radius 3 is 2.35 bits per heavy atom. The number of carbonyl (C=O) groups is 2. The number of amides is 1. The van der Waals surface area contributed by atoms with Gasteiger partial charge in [0.2, 0.25) is 10.0 Å². The van der Waals surface area contributed by atoms with Gasteiger partial charge in [-0.05, 0) is 55.8 Å². The molecule has 0 aliphatic carbocycles. The normalized spacial score (nSPS) is 13.0. The molecule has 0 heterocycles. The van der Waals surface area contributed by atoms with E-state index in [2.05, 4.69) is 16.0 Å². The number of nitrogens with one attached hydrogen (secondary N) is 2. The molecule has 0 saturated carbocycles. The van der Waals surface area contributed by atoms with E-state index in [1.165, 1.54) is 31.2 Å². The van der Waals surface area contributed by atoms with Gasteiger partial charge in [-0.25, -0.2) is 13.2 Å². The van der Waals surface area contributed by atoms with Gasteiger partial charge in [0.25, 0.3) is 5.91 Å². The molecule has 10 heteroatoms. The summed E-state index contributed by atoms with van der Waals surface area (Å²) >= 11 is 12.0. The third kappa shape index (κ3) is 6.71. The van der Waals surface area contributed by atoms with Gasteiger partial charge in [-0.15, -0.1) is 6.42 Å². The number of hydrogen-bond donors (Lipinski definition) is 2. The minimum absolute atomic E-state index is 0.0567. The van der Waals surface area contributed by atoms with E-state index in [1.54, 1.807) is 25.1 Å². The van der Waals surface area contributed by atoms with Crippen LogP contribution in [0.4, 0.5) is 0 Å². The Morgan fingerprint density at radius 2 is 1.77 bits per heavy atom. The third-order valence-electron chi connectivity index (χ3n) is 4.21. The van der Waals surface area contributed by atoms with Crippen molar-refractivity contribution in [1.29, 1.82) is 0 Å². The number of esters is 1. The van der Waals surface area contributed by atoms with Crippen LogP contribution in [0, 0.1) is 12.3 Å². The van der Waals surface area contributed by atoms with Crippen molar-refractivity contribution < 1.29 is 22.7 Å². The number of carbonyl (C=O) groups excluding carboxylic acids is 2. The quantitative estimate of drug-likeness (QED) is 0.443. The first-order valence-electron chi connectivity index (χ1n) is 9.04. The molecule has 0 aromatic heterocycles. The van der Waals surface area contributed by atoms with Gasteiger partial charge in [0.1, 0.15) is 0 Å². The average Bonchev–Trinajstić information content (AvgIpc) is 2.72. The van der Waals surface area contributed by atoms with Gasteiger partial charge in [0.05, 0.1) is 23.0 Å². The number of rotatable bonds is 8. The summed E-state index contributed by atoms with van der Waals surface area (Å²) in [7, 11) is -3.78. The van der Waals surface area contributed by atoms with Crippen LogP contribution in [0.5, 0.6) is 0 Å². The van der Waals surface area contributed by atoms with Gasteiger partial charge in [0, 0.05) is 10.0 Å². The van der Waals surface area contributed by atoms with Crippen LogP contribution >= 0.6 is 23.2 Å². The van der Waals surface area contributed by atoms with E-state index >= 15 is 0 Å². The van der Waals surface area contributed by atoms with E-state index in [0.717, 1.165) is 0 Å². The molecule has 31 heavy (non-hydrogen) atoms. The van der Waals surface area contributed by atoms with Crippen LogP contribution in [0.25, 0.3) is 0 Å². The molecule has 0 bridgehead atoms. The lowest BCUT2D eigenvalue weighted by atomic mass is 10.1. The molecule has 7 nitrogen and oxygen atoms in total. The van der Waals surface area contributed by atoms with Crippen LogP contribution < -0.4 is 10.0 Å². The van der Waals surface area contributed by atoms with Crippen molar-refractivity contribution in [2.45, 2.75) is 30.9 Å². The molecule has 0 fully saturated rings. The summed E-state index contributed by atoms with van der Waals surface area (Å²) in [5.74, 6) is 0.868. The molecule has 2 unspecified atom stereocenters.